The Balaban J connectivity index is 1.52. The first kappa shape index (κ1) is 13.8. The van der Waals surface area contributed by atoms with Gasteiger partial charge in [0.25, 0.3) is 0 Å². The molecular weight excluding hydrogens is 296 g/mol. The van der Waals surface area contributed by atoms with Crippen molar-refractivity contribution in [3.8, 4) is 0 Å². The van der Waals surface area contributed by atoms with Crippen LogP contribution in [-0.4, -0.2) is 51.4 Å². The molecule has 0 amide bonds. The van der Waals surface area contributed by atoms with Crippen molar-refractivity contribution in [2.24, 2.45) is 0 Å². The van der Waals surface area contributed by atoms with Crippen LogP contribution < -0.4 is 9.80 Å². The van der Waals surface area contributed by atoms with Crippen molar-refractivity contribution in [3.63, 3.8) is 0 Å². The summed E-state index contributed by atoms with van der Waals surface area (Å²) in [6, 6.07) is 5.05. The van der Waals surface area contributed by atoms with Gasteiger partial charge in [0.1, 0.15) is 17.5 Å². The minimum atomic E-state index is 0.515. The predicted molar refractivity (Wildman–Crippen MR) is 87.5 cm³/mol. The number of hydrogen-bond donors (Lipinski definition) is 0. The Kier molecular flexibility index (Phi) is 3.37. The van der Waals surface area contributed by atoms with Crippen LogP contribution in [0.25, 0.3) is 0 Å². The van der Waals surface area contributed by atoms with Crippen molar-refractivity contribution < 1.29 is 0 Å². The van der Waals surface area contributed by atoms with Crippen LogP contribution in [0.2, 0.25) is 0 Å². The highest BCUT2D eigenvalue weighted by molar-refractivity contribution is 7.98. The molecule has 0 spiro atoms. The largest absolute Gasteiger partial charge is 0.352 e. The van der Waals surface area contributed by atoms with E-state index in [1.165, 1.54) is 6.42 Å². The van der Waals surface area contributed by atoms with Crippen LogP contribution in [0.3, 0.4) is 0 Å². The van der Waals surface area contributed by atoms with E-state index in [1.54, 1.807) is 11.8 Å². The summed E-state index contributed by atoms with van der Waals surface area (Å²) in [5.74, 6) is 2.92. The average molecular weight is 314 g/mol. The van der Waals surface area contributed by atoms with Crippen molar-refractivity contribution in [1.82, 2.24) is 19.9 Å². The molecule has 2 bridgehead atoms. The second-order valence-corrected chi connectivity index (χ2v) is 6.49. The molecule has 22 heavy (non-hydrogen) atoms. The molecular formula is C15H18N6S. The van der Waals surface area contributed by atoms with Crippen LogP contribution in [-0.2, 0) is 0 Å². The second kappa shape index (κ2) is 5.39. The predicted octanol–water partition coefficient (Wildman–Crippen LogP) is 1.76. The molecule has 3 aliphatic heterocycles. The Hall–Kier alpha value is -1.89. The molecule has 2 aromatic heterocycles. The molecule has 0 aliphatic carbocycles. The Morgan fingerprint density at radius 3 is 2.50 bits per heavy atom. The molecule has 2 unspecified atom stereocenters. The van der Waals surface area contributed by atoms with Crippen LogP contribution in [0.5, 0.6) is 0 Å². The number of fused-ring (bicyclic) bond motifs is 2. The molecule has 0 saturated carbocycles. The lowest BCUT2D eigenvalue weighted by Crippen LogP contribution is -2.69. The molecule has 0 radical (unpaired) electrons. The number of piperidine rings is 1. The quantitative estimate of drug-likeness (QED) is 0.632. The van der Waals surface area contributed by atoms with Crippen molar-refractivity contribution in [1.29, 1.82) is 0 Å². The van der Waals surface area contributed by atoms with Gasteiger partial charge >= 0.3 is 0 Å². The van der Waals surface area contributed by atoms with Gasteiger partial charge in [-0.25, -0.2) is 19.9 Å². The van der Waals surface area contributed by atoms with E-state index in [9.17, 15) is 0 Å². The average Bonchev–Trinajstić information content (AvgIpc) is 2.55. The van der Waals surface area contributed by atoms with Crippen molar-refractivity contribution >= 4 is 23.4 Å². The minimum Gasteiger partial charge on any atom is -0.352 e. The zero-order valence-electron chi connectivity index (χ0n) is 12.7. The van der Waals surface area contributed by atoms with Gasteiger partial charge in [-0.1, -0.05) is 11.8 Å². The van der Waals surface area contributed by atoms with E-state index in [1.807, 2.05) is 37.7 Å². The monoisotopic (exact) mass is 314 g/mol. The molecule has 0 aromatic carbocycles. The number of hydrogen-bond acceptors (Lipinski definition) is 7. The second-order valence-electron chi connectivity index (χ2n) is 5.72. The Bertz CT molecular complexity index is 681. The highest BCUT2D eigenvalue weighted by Crippen LogP contribution is 2.37. The van der Waals surface area contributed by atoms with E-state index < -0.39 is 0 Å². The Morgan fingerprint density at radius 2 is 1.77 bits per heavy atom. The topological polar surface area (TPSA) is 58.0 Å². The first-order valence-corrected chi connectivity index (χ1v) is 8.67. The van der Waals surface area contributed by atoms with Gasteiger partial charge in [-0.05, 0) is 31.7 Å². The lowest BCUT2D eigenvalue weighted by atomic mass is 9.87. The first-order chi connectivity index (χ1) is 10.7. The number of piperazine rings is 1. The highest BCUT2D eigenvalue weighted by Gasteiger charge is 2.45. The summed E-state index contributed by atoms with van der Waals surface area (Å²) in [5, 5.41) is 0.833. The Labute approximate surface area is 134 Å². The third-order valence-electron chi connectivity index (χ3n) is 4.34. The van der Waals surface area contributed by atoms with Gasteiger partial charge in [0.05, 0.1) is 12.1 Å². The number of aromatic nitrogens is 4. The summed E-state index contributed by atoms with van der Waals surface area (Å²) in [6.07, 6.45) is 6.94. The molecule has 114 valence electrons. The van der Waals surface area contributed by atoms with E-state index in [0.29, 0.717) is 12.1 Å². The summed E-state index contributed by atoms with van der Waals surface area (Å²) >= 11 is 1.58. The zero-order valence-corrected chi connectivity index (χ0v) is 13.5. The number of rotatable bonds is 3. The standard InChI is InChI=1S/C15H18N6S/c1-10-16-5-4-14(18-10)21-11-7-12(21)9-20(8-11)13-3-6-17-15(19-13)22-2/h3-6,11-12H,7-9H2,1-2H3. The molecule has 3 fully saturated rings. The lowest BCUT2D eigenvalue weighted by Gasteiger charge is -2.57. The van der Waals surface area contributed by atoms with Gasteiger partial charge in [-0.15, -0.1) is 0 Å². The molecule has 5 heterocycles. The number of nitrogens with zero attached hydrogens (tertiary/aromatic N) is 6. The number of aryl methyl sites for hydroxylation is 1. The van der Waals surface area contributed by atoms with E-state index in [0.717, 1.165) is 35.7 Å². The molecule has 3 saturated heterocycles. The fraction of sp³-hybridized carbons (Fsp3) is 0.467. The summed E-state index contributed by atoms with van der Waals surface area (Å²) in [5.41, 5.74) is 0. The summed E-state index contributed by atoms with van der Waals surface area (Å²) in [4.78, 5) is 22.4. The summed E-state index contributed by atoms with van der Waals surface area (Å²) in [6.45, 7) is 3.92. The molecule has 5 rings (SSSR count). The van der Waals surface area contributed by atoms with Crippen molar-refractivity contribution in [2.45, 2.75) is 30.6 Å². The van der Waals surface area contributed by atoms with Gasteiger partial charge in [-0.2, -0.15) is 0 Å². The minimum absolute atomic E-state index is 0.515. The van der Waals surface area contributed by atoms with Gasteiger partial charge in [0.2, 0.25) is 0 Å². The van der Waals surface area contributed by atoms with Gasteiger partial charge in [-0.3, -0.25) is 0 Å². The SMILES string of the molecule is CSc1nccc(N2CC3CC(C2)N3c2ccnc(C)n2)n1. The van der Waals surface area contributed by atoms with Gasteiger partial charge in [0.15, 0.2) is 5.16 Å². The number of anilines is 2. The maximum absolute atomic E-state index is 4.62. The summed E-state index contributed by atoms with van der Waals surface area (Å²) in [7, 11) is 0. The molecule has 2 atom stereocenters. The normalized spacial score (nSPS) is 23.4. The molecule has 0 N–H and O–H groups in total. The van der Waals surface area contributed by atoms with Crippen LogP contribution in [0.15, 0.2) is 29.7 Å². The lowest BCUT2D eigenvalue weighted by molar-refractivity contribution is 0.287. The van der Waals surface area contributed by atoms with Crippen LogP contribution in [0, 0.1) is 6.92 Å². The van der Waals surface area contributed by atoms with E-state index in [4.69, 9.17) is 0 Å². The van der Waals surface area contributed by atoms with Gasteiger partial charge < -0.3 is 9.80 Å². The van der Waals surface area contributed by atoms with Gasteiger partial charge in [0, 0.05) is 25.5 Å². The number of thioether (sulfide) groups is 1. The van der Waals surface area contributed by atoms with Crippen LogP contribution >= 0.6 is 11.8 Å². The van der Waals surface area contributed by atoms with E-state index in [2.05, 4.69) is 29.7 Å². The third kappa shape index (κ3) is 2.29. The summed E-state index contributed by atoms with van der Waals surface area (Å²) < 4.78 is 0. The van der Waals surface area contributed by atoms with Crippen LogP contribution in [0.1, 0.15) is 12.2 Å². The molecule has 7 heteroatoms. The van der Waals surface area contributed by atoms with Crippen molar-refractivity contribution in [2.75, 3.05) is 29.1 Å². The highest BCUT2D eigenvalue weighted by atomic mass is 32.2. The maximum atomic E-state index is 4.62. The fourth-order valence-corrected chi connectivity index (χ4v) is 3.72. The third-order valence-corrected chi connectivity index (χ3v) is 4.91. The smallest absolute Gasteiger partial charge is 0.189 e. The fourth-order valence-electron chi connectivity index (χ4n) is 3.36. The van der Waals surface area contributed by atoms with Crippen molar-refractivity contribution in [3.05, 3.63) is 30.4 Å². The first-order valence-electron chi connectivity index (χ1n) is 7.44. The van der Waals surface area contributed by atoms with Crippen LogP contribution in [0.4, 0.5) is 11.6 Å². The molecule has 2 aromatic rings. The zero-order chi connectivity index (χ0) is 15.1. The maximum Gasteiger partial charge on any atom is 0.189 e. The molecule has 3 aliphatic rings. The van der Waals surface area contributed by atoms with E-state index in [-0.39, 0.29) is 0 Å². The Morgan fingerprint density at radius 1 is 1.05 bits per heavy atom. The van der Waals surface area contributed by atoms with E-state index >= 15 is 0 Å². The molecule has 6 nitrogen and oxygen atoms in total.